The van der Waals surface area contributed by atoms with E-state index in [0.29, 0.717) is 29.3 Å². The Bertz CT molecular complexity index is 2230. The van der Waals surface area contributed by atoms with Gasteiger partial charge in [0.25, 0.3) is 0 Å². The van der Waals surface area contributed by atoms with E-state index in [-0.39, 0.29) is 27.6 Å². The van der Waals surface area contributed by atoms with E-state index in [1.165, 1.54) is 27.2 Å². The summed E-state index contributed by atoms with van der Waals surface area (Å²) in [5.41, 5.74) is 9.19. The standard InChI is InChI=1S/C43H43N4O.Pt/c1-28(2)32-23-38(29(3)4)43(39(24-32)30(5)6)31-17-18-44-42(25-31)47-40-14-9-8-13-36(40)37-16-15-35(27-41(37)47)48-34-12-10-11-33(26-34)46-21-19-45(7)20-22-46;/h8-19,21-25,28-30H,20H2,1-7H3;/q-3;/i7D3;. The van der Waals surface area contributed by atoms with Gasteiger partial charge in [-0.05, 0) is 75.4 Å². The van der Waals surface area contributed by atoms with Gasteiger partial charge in [0.1, 0.15) is 5.82 Å². The van der Waals surface area contributed by atoms with E-state index in [1.54, 1.807) is 12.4 Å². The van der Waals surface area contributed by atoms with Gasteiger partial charge in [-0.2, -0.15) is 12.1 Å². The summed E-state index contributed by atoms with van der Waals surface area (Å²) in [5, 5.41) is 2.17. The van der Waals surface area contributed by atoms with Crippen LogP contribution in [0.2, 0.25) is 0 Å². The van der Waals surface area contributed by atoms with Crippen LogP contribution in [-0.4, -0.2) is 28.0 Å². The summed E-state index contributed by atoms with van der Waals surface area (Å²) < 4.78 is 31.6. The third kappa shape index (κ3) is 6.79. The number of para-hydroxylation sites is 1. The summed E-state index contributed by atoms with van der Waals surface area (Å²) >= 11 is 0. The van der Waals surface area contributed by atoms with Gasteiger partial charge in [-0.1, -0.05) is 83.9 Å². The van der Waals surface area contributed by atoms with Crippen LogP contribution in [0.25, 0.3) is 38.8 Å². The van der Waals surface area contributed by atoms with Crippen LogP contribution in [0.4, 0.5) is 5.69 Å². The van der Waals surface area contributed by atoms with Gasteiger partial charge in [0.15, 0.2) is 0 Å². The number of ether oxygens (including phenoxy) is 1. The van der Waals surface area contributed by atoms with Gasteiger partial charge >= 0.3 is 0 Å². The second kappa shape index (κ2) is 14.3. The summed E-state index contributed by atoms with van der Waals surface area (Å²) in [6.45, 7) is 13.5. The fraction of sp³-hybridized carbons (Fsp3) is 0.256. The maximum atomic E-state index is 7.67. The number of likely N-dealkylation sites (N-methyl/N-ethyl adjacent to an activating group) is 1. The Kier molecular flexibility index (Phi) is 8.93. The van der Waals surface area contributed by atoms with Crippen molar-refractivity contribution in [2.45, 2.75) is 59.3 Å². The zero-order chi connectivity index (χ0) is 36.0. The molecule has 0 saturated heterocycles. The summed E-state index contributed by atoms with van der Waals surface area (Å²) in [6.07, 6.45) is 5.21. The smallest absolute Gasteiger partial charge is 0.136 e. The van der Waals surface area contributed by atoms with Crippen molar-refractivity contribution in [1.29, 1.82) is 0 Å². The molecule has 254 valence electrons. The molecule has 2 aromatic heterocycles. The molecule has 0 radical (unpaired) electrons. The number of anilines is 1. The summed E-state index contributed by atoms with van der Waals surface area (Å²) in [4.78, 5) is 8.11. The Hall–Kier alpha value is -4.34. The first kappa shape index (κ1) is 30.7. The molecule has 4 aromatic carbocycles. The van der Waals surface area contributed by atoms with Gasteiger partial charge in [0.05, 0.1) is 0 Å². The van der Waals surface area contributed by atoms with Gasteiger partial charge in [0, 0.05) is 61.6 Å². The first-order valence-electron chi connectivity index (χ1n) is 18.3. The fourth-order valence-corrected chi connectivity index (χ4v) is 6.55. The average Bonchev–Trinajstić information content (AvgIpc) is 3.44. The molecule has 7 rings (SSSR count). The molecule has 5 nitrogen and oxygen atoms in total. The maximum absolute atomic E-state index is 7.67. The molecule has 0 amide bonds. The Morgan fingerprint density at radius 3 is 2.24 bits per heavy atom. The number of fused-ring (bicyclic) bond motifs is 3. The van der Waals surface area contributed by atoms with E-state index in [9.17, 15) is 0 Å². The molecule has 0 spiro atoms. The average molecular weight is 830 g/mol. The summed E-state index contributed by atoms with van der Waals surface area (Å²) in [5.74, 6) is 3.06. The quantitative estimate of drug-likeness (QED) is 0.143. The molecule has 0 bridgehead atoms. The number of hydrogen-bond donors (Lipinski definition) is 0. The maximum Gasteiger partial charge on any atom is 0.136 e. The van der Waals surface area contributed by atoms with Gasteiger partial charge in [-0.3, -0.25) is 0 Å². The van der Waals surface area contributed by atoms with E-state index in [1.807, 2.05) is 41.9 Å². The molecule has 0 fully saturated rings. The van der Waals surface area contributed by atoms with Crippen molar-refractivity contribution in [2.24, 2.45) is 0 Å². The normalized spacial score (nSPS) is 14.4. The van der Waals surface area contributed by atoms with Crippen LogP contribution in [-0.2, 0) is 21.1 Å². The number of pyridine rings is 1. The number of benzene rings is 4. The van der Waals surface area contributed by atoms with Crippen LogP contribution in [0, 0.1) is 18.7 Å². The second-order valence-electron chi connectivity index (χ2n) is 13.4. The minimum Gasteiger partial charge on any atom is -0.518 e. The molecule has 6 heteroatoms. The van der Waals surface area contributed by atoms with Gasteiger partial charge in [-0.25, -0.2) is 11.5 Å². The first-order valence-corrected chi connectivity index (χ1v) is 16.8. The third-order valence-corrected chi connectivity index (χ3v) is 9.09. The van der Waals surface area contributed by atoms with E-state index < -0.39 is 6.98 Å². The van der Waals surface area contributed by atoms with E-state index in [0.717, 1.165) is 38.9 Å². The molecule has 0 N–H and O–H groups in total. The SMILES string of the molecule is [2H]C([2H])([2H])N1C=CN(c2[c-]c(Oc3[c-]c4c(cc3)c3ccccc3n4-c3cc(-c4c(C(C)C)cc(C(C)C)cc4C(C)C)ccn3)ccc2)[CH-]C1.[Pt]. The third-order valence-electron chi connectivity index (χ3n) is 9.09. The van der Waals surface area contributed by atoms with Crippen molar-refractivity contribution in [3.63, 3.8) is 0 Å². The van der Waals surface area contributed by atoms with Crippen molar-refractivity contribution in [2.75, 3.05) is 18.4 Å². The zero-order valence-corrected chi connectivity index (χ0v) is 31.0. The van der Waals surface area contributed by atoms with E-state index >= 15 is 0 Å². The fourth-order valence-electron chi connectivity index (χ4n) is 6.55. The van der Waals surface area contributed by atoms with Crippen molar-refractivity contribution < 1.29 is 29.9 Å². The molecule has 0 unspecified atom stereocenters. The molecular formula is C43H43N4OPt-3. The molecule has 0 saturated carbocycles. The van der Waals surface area contributed by atoms with E-state index in [4.69, 9.17) is 13.8 Å². The topological polar surface area (TPSA) is 33.5 Å². The van der Waals surface area contributed by atoms with Crippen molar-refractivity contribution in [1.82, 2.24) is 14.5 Å². The minimum absolute atomic E-state index is 0. The van der Waals surface area contributed by atoms with Crippen molar-refractivity contribution >= 4 is 27.5 Å². The van der Waals surface area contributed by atoms with E-state index in [2.05, 4.69) is 113 Å². The molecule has 1 aliphatic rings. The molecule has 0 aliphatic carbocycles. The molecule has 49 heavy (non-hydrogen) atoms. The van der Waals surface area contributed by atoms with Crippen LogP contribution in [0.3, 0.4) is 0 Å². The predicted octanol–water partition coefficient (Wildman–Crippen LogP) is 11.0. The van der Waals surface area contributed by atoms with Gasteiger partial charge < -0.3 is 19.1 Å². The predicted molar refractivity (Wildman–Crippen MR) is 199 cm³/mol. The van der Waals surface area contributed by atoms with Crippen molar-refractivity contribution in [3.05, 3.63) is 133 Å². The monoisotopic (exact) mass is 829 g/mol. The van der Waals surface area contributed by atoms with Gasteiger partial charge in [-0.15, -0.1) is 41.4 Å². The van der Waals surface area contributed by atoms with Crippen LogP contribution in [0.1, 0.15) is 80.1 Å². The largest absolute Gasteiger partial charge is 0.518 e. The minimum atomic E-state index is -2.19. The number of rotatable bonds is 8. The Balaban J connectivity index is 0.00000464. The molecule has 3 heterocycles. The van der Waals surface area contributed by atoms with Crippen molar-refractivity contribution in [3.8, 4) is 28.4 Å². The van der Waals surface area contributed by atoms with Crippen LogP contribution in [0.15, 0.2) is 97.5 Å². The Labute approximate surface area is 309 Å². The Morgan fingerprint density at radius 1 is 0.796 bits per heavy atom. The number of aromatic nitrogens is 2. The first-order chi connectivity index (χ1) is 24.4. The molecule has 6 aromatic rings. The molecule has 0 atom stereocenters. The number of nitrogens with zero attached hydrogens (tertiary/aromatic N) is 4. The van der Waals surface area contributed by atoms with Crippen LogP contribution in [0.5, 0.6) is 11.5 Å². The van der Waals surface area contributed by atoms with Gasteiger partial charge in [0.2, 0.25) is 0 Å². The van der Waals surface area contributed by atoms with Crippen LogP contribution < -0.4 is 9.64 Å². The molecule has 1 aliphatic heterocycles. The summed E-state index contributed by atoms with van der Waals surface area (Å²) in [7, 11) is 0. The summed E-state index contributed by atoms with van der Waals surface area (Å²) in [6, 6.07) is 34.1. The second-order valence-corrected chi connectivity index (χ2v) is 13.4. The van der Waals surface area contributed by atoms with Crippen LogP contribution >= 0.6 is 0 Å². The Morgan fingerprint density at radius 2 is 1.55 bits per heavy atom. The molecular weight excluding hydrogens is 784 g/mol. The number of hydrogen-bond acceptors (Lipinski definition) is 4. The zero-order valence-electron chi connectivity index (χ0n) is 31.8.